The van der Waals surface area contributed by atoms with E-state index < -0.39 is 0 Å². The second-order valence-corrected chi connectivity index (χ2v) is 30.4. The van der Waals surface area contributed by atoms with Gasteiger partial charge < -0.3 is 28.7 Å². The van der Waals surface area contributed by atoms with Crippen molar-refractivity contribution in [2.45, 2.75) is 19.3 Å². The Balaban J connectivity index is 0.000000140. The Morgan fingerprint density at radius 2 is 0.513 bits per heavy atom. The standard InChI is InChI=1S/C56H36N2O2.C51H36N2O2/c1-3-12-41-32-44(22-20-37(41)10-1)39-24-28-47(29-25-39)57(48-30-26-40(27-31-48)45-23-21-38-11-2-4-13-42(38)33-45)49-15-9-14-43(34-49)46-35-54-56-55(36-46)60-53-19-8-6-17-51(53)58(56)50-16-5-7-18-52(50)59-54;1-51(2)42-18-7-6-17-40(42)41-28-27-39(32-43(41)51)52(37-25-23-34(24-26-37)33-13-4-3-5-14-33)38-16-12-15-35(29-38)36-30-48-50-49(31-36)55-47-22-11-9-20-45(47)53(50)44-19-8-10-21-46(44)54-48/h1-36H;3-32H,1-2H3. The van der Waals surface area contributed by atoms with E-state index in [2.05, 4.69) is 361 Å². The van der Waals surface area contributed by atoms with Crippen molar-refractivity contribution in [1.82, 2.24) is 0 Å². The Kier molecular flexibility index (Phi) is 15.8. The van der Waals surface area contributed by atoms with Crippen LogP contribution in [0, 0.1) is 0 Å². The molecule has 4 aliphatic heterocycles. The summed E-state index contributed by atoms with van der Waals surface area (Å²) < 4.78 is 26.5. The van der Waals surface area contributed by atoms with Gasteiger partial charge in [0.1, 0.15) is 11.4 Å². The molecular weight excluding hydrogens is 1410 g/mol. The predicted molar refractivity (Wildman–Crippen MR) is 472 cm³/mol. The van der Waals surface area contributed by atoms with Crippen LogP contribution in [-0.4, -0.2) is 0 Å². The molecular formula is C107H72N4O4. The molecule has 4 heterocycles. The minimum atomic E-state index is -0.123. The molecule has 18 aromatic rings. The number of anilines is 12. The van der Waals surface area contributed by atoms with E-state index in [0.717, 1.165) is 136 Å². The third kappa shape index (κ3) is 11.6. The lowest BCUT2D eigenvalue weighted by atomic mass is 9.82. The van der Waals surface area contributed by atoms with Crippen molar-refractivity contribution >= 4 is 89.8 Å². The number of hydrogen-bond acceptors (Lipinski definition) is 8. The average Bonchev–Trinajstić information content (AvgIpc) is 1.37. The molecule has 8 heteroatoms. The molecule has 0 unspecified atom stereocenters. The lowest BCUT2D eigenvalue weighted by Crippen LogP contribution is -2.20. The molecule has 23 rings (SSSR count). The Bertz CT molecular complexity index is 6650. The summed E-state index contributed by atoms with van der Waals surface area (Å²) in [6.07, 6.45) is 0. The third-order valence-corrected chi connectivity index (χ3v) is 23.2. The number of para-hydroxylation sites is 8. The molecule has 544 valence electrons. The smallest absolute Gasteiger partial charge is 0.156 e. The monoisotopic (exact) mass is 1480 g/mol. The van der Waals surface area contributed by atoms with Gasteiger partial charge in [0, 0.05) is 39.5 Å². The fourth-order valence-electron chi connectivity index (χ4n) is 17.5. The number of hydrogen-bond donors (Lipinski definition) is 0. The maximum atomic E-state index is 6.63. The number of ether oxygens (including phenoxy) is 4. The summed E-state index contributed by atoms with van der Waals surface area (Å²) in [5, 5.41) is 4.95. The highest BCUT2D eigenvalue weighted by Gasteiger charge is 2.39. The maximum Gasteiger partial charge on any atom is 0.156 e. The van der Waals surface area contributed by atoms with Crippen LogP contribution in [0.5, 0.6) is 46.0 Å². The molecule has 0 fully saturated rings. The van der Waals surface area contributed by atoms with Gasteiger partial charge in [-0.1, -0.05) is 257 Å². The van der Waals surface area contributed by atoms with Crippen LogP contribution in [0.25, 0.3) is 88.3 Å². The van der Waals surface area contributed by atoms with Crippen LogP contribution < -0.4 is 38.5 Å². The van der Waals surface area contributed by atoms with E-state index in [4.69, 9.17) is 18.9 Å². The topological polar surface area (TPSA) is 49.9 Å². The molecule has 0 saturated heterocycles. The van der Waals surface area contributed by atoms with E-state index in [1.807, 2.05) is 72.8 Å². The quantitative estimate of drug-likeness (QED) is 0.127. The van der Waals surface area contributed by atoms with E-state index in [1.165, 1.54) is 77.2 Å². The molecule has 0 spiro atoms. The fourth-order valence-corrected chi connectivity index (χ4v) is 17.5. The molecule has 115 heavy (non-hydrogen) atoms. The van der Waals surface area contributed by atoms with Gasteiger partial charge in [0.2, 0.25) is 0 Å². The zero-order chi connectivity index (χ0) is 76.2. The van der Waals surface area contributed by atoms with Gasteiger partial charge in [-0.05, 0) is 257 Å². The van der Waals surface area contributed by atoms with Crippen LogP contribution in [-0.2, 0) is 5.41 Å². The van der Waals surface area contributed by atoms with Crippen LogP contribution in [0.15, 0.2) is 400 Å². The zero-order valence-electron chi connectivity index (χ0n) is 63.0. The Labute approximate surface area is 667 Å². The van der Waals surface area contributed by atoms with E-state index >= 15 is 0 Å². The summed E-state index contributed by atoms with van der Waals surface area (Å²) in [7, 11) is 0. The van der Waals surface area contributed by atoms with Gasteiger partial charge in [0.15, 0.2) is 46.0 Å². The fraction of sp³-hybridized carbons (Fsp3) is 0.0280. The Morgan fingerprint density at radius 3 is 0.957 bits per heavy atom. The summed E-state index contributed by atoms with van der Waals surface area (Å²) >= 11 is 0. The molecule has 18 aromatic carbocycles. The van der Waals surface area contributed by atoms with Crippen molar-refractivity contribution < 1.29 is 18.9 Å². The average molecular weight is 1480 g/mol. The predicted octanol–water partition coefficient (Wildman–Crippen LogP) is 30.6. The first-order valence-electron chi connectivity index (χ1n) is 39.1. The lowest BCUT2D eigenvalue weighted by molar-refractivity contribution is 0.446. The van der Waals surface area contributed by atoms with Gasteiger partial charge in [-0.3, -0.25) is 9.80 Å². The van der Waals surface area contributed by atoms with Crippen LogP contribution >= 0.6 is 0 Å². The molecule has 0 amide bonds. The van der Waals surface area contributed by atoms with Crippen LogP contribution in [0.3, 0.4) is 0 Å². The van der Waals surface area contributed by atoms with E-state index in [9.17, 15) is 0 Å². The van der Waals surface area contributed by atoms with Crippen molar-refractivity contribution in [3.8, 4) is 113 Å². The highest BCUT2D eigenvalue weighted by molar-refractivity contribution is 5.99. The van der Waals surface area contributed by atoms with E-state index in [0.29, 0.717) is 0 Å². The molecule has 0 aromatic heterocycles. The number of nitrogens with zero attached hydrogens (tertiary/aromatic N) is 4. The number of benzene rings is 18. The Morgan fingerprint density at radius 1 is 0.200 bits per heavy atom. The zero-order valence-corrected chi connectivity index (χ0v) is 63.0. The van der Waals surface area contributed by atoms with Gasteiger partial charge >= 0.3 is 0 Å². The van der Waals surface area contributed by atoms with Crippen molar-refractivity contribution in [2.24, 2.45) is 0 Å². The van der Waals surface area contributed by atoms with E-state index in [1.54, 1.807) is 0 Å². The van der Waals surface area contributed by atoms with Crippen molar-refractivity contribution in [2.75, 3.05) is 19.6 Å². The molecule has 5 aliphatic rings. The summed E-state index contributed by atoms with van der Waals surface area (Å²) in [6, 6.07) is 142. The minimum Gasteiger partial charge on any atom is -0.453 e. The van der Waals surface area contributed by atoms with Crippen molar-refractivity contribution in [3.05, 3.63) is 412 Å². The van der Waals surface area contributed by atoms with Gasteiger partial charge in [0.05, 0.1) is 22.7 Å². The second-order valence-electron chi connectivity index (χ2n) is 30.4. The lowest BCUT2D eigenvalue weighted by Gasteiger charge is -2.38. The molecule has 0 saturated carbocycles. The first-order chi connectivity index (χ1) is 56.7. The van der Waals surface area contributed by atoms with Crippen LogP contribution in [0.4, 0.5) is 68.2 Å². The normalized spacial score (nSPS) is 12.9. The molecule has 0 atom stereocenters. The SMILES string of the molecule is CC1(C)c2ccccc2-c2ccc(N(c3ccc(-c4ccccc4)cc3)c3cccc(-c4cc5c6c(c4)Oc4ccccc4N6c4ccccc4O5)c3)cc21.c1cc(-c2cc3c4c(c2)Oc2ccccc2N4c2ccccc2O3)cc(N(c2ccc(-c3ccc4ccccc4c3)cc2)c2ccc(-c3ccc4ccccc4c3)cc2)c1. The largest absolute Gasteiger partial charge is 0.453 e. The molecule has 0 bridgehead atoms. The van der Waals surface area contributed by atoms with Gasteiger partial charge in [-0.2, -0.15) is 0 Å². The second kappa shape index (κ2) is 27.1. The highest BCUT2D eigenvalue weighted by atomic mass is 16.5. The number of fused-ring (bicyclic) bond motifs is 13. The summed E-state index contributed by atoms with van der Waals surface area (Å²) in [5.41, 5.74) is 28.7. The minimum absolute atomic E-state index is 0.123. The van der Waals surface area contributed by atoms with E-state index in [-0.39, 0.29) is 5.41 Å². The molecule has 1 aliphatic carbocycles. The highest BCUT2D eigenvalue weighted by Crippen LogP contribution is 2.63. The van der Waals surface area contributed by atoms with Gasteiger partial charge in [-0.25, -0.2) is 0 Å². The summed E-state index contributed by atoms with van der Waals surface area (Å²) in [4.78, 5) is 9.23. The Hall–Kier alpha value is -15.1. The molecule has 0 radical (unpaired) electrons. The summed E-state index contributed by atoms with van der Waals surface area (Å²) in [5.74, 6) is 6.29. The molecule has 0 N–H and O–H groups in total. The summed E-state index contributed by atoms with van der Waals surface area (Å²) in [6.45, 7) is 4.68. The number of rotatable bonds is 11. The van der Waals surface area contributed by atoms with Crippen molar-refractivity contribution in [1.29, 1.82) is 0 Å². The van der Waals surface area contributed by atoms with Crippen LogP contribution in [0.1, 0.15) is 25.0 Å². The first-order valence-corrected chi connectivity index (χ1v) is 39.1. The molecule has 8 nitrogen and oxygen atoms in total. The first kappa shape index (κ1) is 66.8. The maximum absolute atomic E-state index is 6.63. The van der Waals surface area contributed by atoms with Crippen LogP contribution in [0.2, 0.25) is 0 Å². The van der Waals surface area contributed by atoms with Crippen molar-refractivity contribution in [3.63, 3.8) is 0 Å². The third-order valence-electron chi connectivity index (χ3n) is 23.2. The van der Waals surface area contributed by atoms with Gasteiger partial charge in [0.25, 0.3) is 0 Å². The van der Waals surface area contributed by atoms with Gasteiger partial charge in [-0.15, -0.1) is 0 Å².